The summed E-state index contributed by atoms with van der Waals surface area (Å²) in [5.41, 5.74) is 0.135. The predicted octanol–water partition coefficient (Wildman–Crippen LogP) is 0.876. The van der Waals surface area contributed by atoms with E-state index in [2.05, 4.69) is 37.7 Å². The molecule has 0 amide bonds. The van der Waals surface area contributed by atoms with Crippen LogP contribution in [0.1, 0.15) is 26.7 Å². The number of aliphatic carboxylic acids is 1. The Morgan fingerprint density at radius 1 is 1.47 bits per heavy atom. The van der Waals surface area contributed by atoms with Gasteiger partial charge in [-0.1, -0.05) is 0 Å². The highest BCUT2D eigenvalue weighted by Gasteiger charge is 2.35. The molecule has 1 aliphatic rings. The second kappa shape index (κ2) is 4.49. The normalized spacial score (nSPS) is 27.9. The second-order valence-corrected chi connectivity index (χ2v) is 5.21. The molecule has 0 spiro atoms. The van der Waals surface area contributed by atoms with Crippen LogP contribution >= 0.6 is 0 Å². The maximum atomic E-state index is 10.6. The fourth-order valence-electron chi connectivity index (χ4n) is 2.39. The van der Waals surface area contributed by atoms with Gasteiger partial charge >= 0.3 is 5.97 Å². The van der Waals surface area contributed by atoms with Gasteiger partial charge in [-0.25, -0.2) is 0 Å². The Hall–Kier alpha value is -0.610. The first kappa shape index (κ1) is 12.5. The van der Waals surface area contributed by atoms with Crippen LogP contribution < -0.4 is 0 Å². The summed E-state index contributed by atoms with van der Waals surface area (Å²) in [5.74, 6) is -0.700. The lowest BCUT2D eigenvalue weighted by Gasteiger charge is -2.49. The quantitative estimate of drug-likeness (QED) is 0.757. The van der Waals surface area contributed by atoms with Crippen LogP contribution in [0.5, 0.6) is 0 Å². The van der Waals surface area contributed by atoms with E-state index in [1.165, 1.54) is 0 Å². The van der Waals surface area contributed by atoms with Gasteiger partial charge in [0, 0.05) is 31.1 Å². The fraction of sp³-hybridized carbons (Fsp3) is 0.909. The number of piperazine rings is 1. The number of nitrogens with zero attached hydrogens (tertiary/aromatic N) is 2. The zero-order chi connectivity index (χ0) is 11.6. The van der Waals surface area contributed by atoms with Gasteiger partial charge in [-0.3, -0.25) is 9.69 Å². The third kappa shape index (κ3) is 3.18. The lowest BCUT2D eigenvalue weighted by Crippen LogP contribution is -2.61. The molecule has 1 N–H and O–H groups in total. The first-order valence-corrected chi connectivity index (χ1v) is 5.46. The Kier molecular flexibility index (Phi) is 3.73. The minimum Gasteiger partial charge on any atom is -0.481 e. The van der Waals surface area contributed by atoms with Gasteiger partial charge in [0.05, 0.1) is 0 Å². The summed E-state index contributed by atoms with van der Waals surface area (Å²) in [6, 6.07) is 0.356. The van der Waals surface area contributed by atoms with E-state index in [1.54, 1.807) is 0 Å². The molecule has 0 bridgehead atoms. The highest BCUT2D eigenvalue weighted by molar-refractivity contribution is 5.66. The third-order valence-electron chi connectivity index (χ3n) is 3.37. The maximum Gasteiger partial charge on any atom is 0.303 e. The third-order valence-corrected chi connectivity index (χ3v) is 3.37. The van der Waals surface area contributed by atoms with Crippen LogP contribution in [-0.4, -0.2) is 59.6 Å². The van der Waals surface area contributed by atoms with E-state index in [1.807, 2.05) is 0 Å². The number of rotatable bonds is 3. The molecule has 1 fully saturated rings. The molecule has 0 aromatic rings. The summed E-state index contributed by atoms with van der Waals surface area (Å²) in [5, 5.41) is 8.69. The van der Waals surface area contributed by atoms with Gasteiger partial charge < -0.3 is 10.0 Å². The van der Waals surface area contributed by atoms with Gasteiger partial charge in [0.2, 0.25) is 0 Å². The summed E-state index contributed by atoms with van der Waals surface area (Å²) < 4.78 is 0. The van der Waals surface area contributed by atoms with E-state index in [9.17, 15) is 4.79 Å². The number of hydrogen-bond donors (Lipinski definition) is 1. The van der Waals surface area contributed by atoms with Crippen molar-refractivity contribution < 1.29 is 9.90 Å². The highest BCUT2D eigenvalue weighted by atomic mass is 16.4. The molecule has 0 aromatic carbocycles. The molecular weight excluding hydrogens is 192 g/mol. The van der Waals surface area contributed by atoms with Crippen LogP contribution in [0.3, 0.4) is 0 Å². The van der Waals surface area contributed by atoms with Crippen molar-refractivity contribution in [3.05, 3.63) is 0 Å². The first-order chi connectivity index (χ1) is 6.83. The van der Waals surface area contributed by atoms with Crippen molar-refractivity contribution in [2.45, 2.75) is 38.3 Å². The van der Waals surface area contributed by atoms with Crippen LogP contribution in [0.4, 0.5) is 0 Å². The van der Waals surface area contributed by atoms with Crippen LogP contribution in [0.2, 0.25) is 0 Å². The van der Waals surface area contributed by atoms with Crippen molar-refractivity contribution in [1.82, 2.24) is 9.80 Å². The van der Waals surface area contributed by atoms with E-state index in [0.29, 0.717) is 6.04 Å². The van der Waals surface area contributed by atoms with Gasteiger partial charge in [0.25, 0.3) is 0 Å². The minimum absolute atomic E-state index is 0.135. The summed E-state index contributed by atoms with van der Waals surface area (Å²) in [6.07, 6.45) is 0.999. The molecule has 4 heteroatoms. The van der Waals surface area contributed by atoms with Crippen LogP contribution in [-0.2, 0) is 4.79 Å². The van der Waals surface area contributed by atoms with Crippen molar-refractivity contribution in [1.29, 1.82) is 0 Å². The Morgan fingerprint density at radius 2 is 2.07 bits per heavy atom. The average Bonchev–Trinajstić information content (AvgIpc) is 2.08. The van der Waals surface area contributed by atoms with Crippen molar-refractivity contribution in [3.8, 4) is 0 Å². The maximum absolute atomic E-state index is 10.6. The van der Waals surface area contributed by atoms with E-state index < -0.39 is 5.97 Å². The molecule has 4 nitrogen and oxygen atoms in total. The van der Waals surface area contributed by atoms with E-state index in [-0.39, 0.29) is 12.0 Å². The first-order valence-electron chi connectivity index (χ1n) is 5.46. The number of hydrogen-bond acceptors (Lipinski definition) is 3. The van der Waals surface area contributed by atoms with Crippen LogP contribution in [0.25, 0.3) is 0 Å². The van der Waals surface area contributed by atoms with Crippen molar-refractivity contribution >= 4 is 5.97 Å². The lowest BCUT2D eigenvalue weighted by atomic mass is 9.94. The van der Waals surface area contributed by atoms with Gasteiger partial charge in [-0.2, -0.15) is 0 Å². The second-order valence-electron chi connectivity index (χ2n) is 5.21. The molecule has 0 aromatic heterocycles. The molecular formula is C11H22N2O2. The Balaban J connectivity index is 2.59. The number of carboxylic acids is 1. The Labute approximate surface area is 91.9 Å². The van der Waals surface area contributed by atoms with Gasteiger partial charge in [0.1, 0.15) is 0 Å². The molecule has 88 valence electrons. The largest absolute Gasteiger partial charge is 0.481 e. The smallest absolute Gasteiger partial charge is 0.303 e. The Bertz CT molecular complexity index is 241. The van der Waals surface area contributed by atoms with Gasteiger partial charge in [-0.15, -0.1) is 0 Å². The van der Waals surface area contributed by atoms with Gasteiger partial charge in [-0.05, 0) is 34.4 Å². The summed E-state index contributed by atoms with van der Waals surface area (Å²) in [7, 11) is 4.20. The van der Waals surface area contributed by atoms with Crippen LogP contribution in [0, 0.1) is 0 Å². The fourth-order valence-corrected chi connectivity index (χ4v) is 2.39. The molecule has 1 heterocycles. The molecule has 0 radical (unpaired) electrons. The summed E-state index contributed by atoms with van der Waals surface area (Å²) in [4.78, 5) is 15.2. The molecule has 1 rings (SSSR count). The standard InChI is InChI=1S/C11H22N2O2/c1-11(2)8-12(3)7-9(13(11)4)5-6-10(14)15/h9H,5-8H2,1-4H3,(H,14,15). The topological polar surface area (TPSA) is 43.8 Å². The molecule has 15 heavy (non-hydrogen) atoms. The van der Waals surface area contributed by atoms with E-state index in [4.69, 9.17) is 5.11 Å². The van der Waals surface area contributed by atoms with Crippen molar-refractivity contribution in [3.63, 3.8) is 0 Å². The summed E-state index contributed by atoms with van der Waals surface area (Å²) >= 11 is 0. The average molecular weight is 214 g/mol. The van der Waals surface area contributed by atoms with E-state index >= 15 is 0 Å². The molecule has 0 aliphatic carbocycles. The van der Waals surface area contributed by atoms with E-state index in [0.717, 1.165) is 19.5 Å². The minimum atomic E-state index is -0.700. The van der Waals surface area contributed by atoms with Gasteiger partial charge in [0.15, 0.2) is 0 Å². The lowest BCUT2D eigenvalue weighted by molar-refractivity contribution is -0.137. The van der Waals surface area contributed by atoms with Crippen LogP contribution in [0.15, 0.2) is 0 Å². The number of carboxylic acid groups (broad SMARTS) is 1. The molecule has 1 atom stereocenters. The molecule has 0 saturated carbocycles. The number of likely N-dealkylation sites (N-methyl/N-ethyl adjacent to an activating group) is 2. The monoisotopic (exact) mass is 214 g/mol. The zero-order valence-electron chi connectivity index (χ0n) is 10.2. The Morgan fingerprint density at radius 3 is 2.60 bits per heavy atom. The molecule has 1 saturated heterocycles. The van der Waals surface area contributed by atoms with Crippen molar-refractivity contribution in [2.24, 2.45) is 0 Å². The van der Waals surface area contributed by atoms with Crippen molar-refractivity contribution in [2.75, 3.05) is 27.2 Å². The predicted molar refractivity (Wildman–Crippen MR) is 60.0 cm³/mol. The summed E-state index contributed by atoms with van der Waals surface area (Å²) in [6.45, 7) is 6.41. The SMILES string of the molecule is CN1CC(CCC(=O)O)N(C)C(C)(C)C1. The zero-order valence-corrected chi connectivity index (χ0v) is 10.2. The molecule has 1 aliphatic heterocycles. The number of carbonyl (C=O) groups is 1. The molecule has 1 unspecified atom stereocenters. The highest BCUT2D eigenvalue weighted by Crippen LogP contribution is 2.24.